The van der Waals surface area contributed by atoms with Gasteiger partial charge < -0.3 is 0 Å². The fraction of sp³-hybridized carbons (Fsp3) is 0.667. The lowest BCUT2D eigenvalue weighted by atomic mass is 10.1. The van der Waals surface area contributed by atoms with Gasteiger partial charge in [-0.3, -0.25) is 0 Å². The quantitative estimate of drug-likeness (QED) is 0.312. The number of rotatable bonds is 5. The van der Waals surface area contributed by atoms with E-state index in [9.17, 15) is 0 Å². The smallest absolute Gasteiger partial charge is 0.142 e. The molecule has 0 radical (unpaired) electrons. The molecule has 0 heterocycles. The van der Waals surface area contributed by atoms with Crippen LogP contribution in [-0.2, 0) is 0 Å². The molecule has 1 nitrogen and oxygen atoms in total. The third-order valence-electron chi connectivity index (χ3n) is 1.75. The van der Waals surface area contributed by atoms with E-state index in [0.717, 1.165) is 13.1 Å². The van der Waals surface area contributed by atoms with E-state index < -0.39 is 0 Å². The third-order valence-corrected chi connectivity index (χ3v) is 1.75. The Morgan fingerprint density at radius 3 is 2.60 bits per heavy atom. The van der Waals surface area contributed by atoms with Crippen LogP contribution in [0.15, 0.2) is 12.7 Å². The highest BCUT2D eigenvalue weighted by Gasteiger charge is 2.00. The molecule has 0 N–H and O–H groups in total. The van der Waals surface area contributed by atoms with E-state index in [1.54, 1.807) is 0 Å². The summed E-state index contributed by atoms with van der Waals surface area (Å²) in [4.78, 5) is 0. The van der Waals surface area contributed by atoms with Crippen LogP contribution in [0, 0.1) is 5.92 Å². The Kier molecular flexibility index (Phi) is 4.91. The first-order valence-corrected chi connectivity index (χ1v) is 3.88. The fourth-order valence-corrected chi connectivity index (χ4v) is 0.662. The standard InChI is InChI=1S/C9H18N/c1-5-9(3)7-8-10(4)6-2/h5,9H,1,4,6-8H2,2-3H3/q+1. The van der Waals surface area contributed by atoms with Crippen LogP contribution in [-0.4, -0.2) is 24.4 Å². The lowest BCUT2D eigenvalue weighted by Gasteiger charge is -2.02. The first-order valence-electron chi connectivity index (χ1n) is 3.88. The fourth-order valence-electron chi connectivity index (χ4n) is 0.662. The first kappa shape index (κ1) is 9.41. The van der Waals surface area contributed by atoms with E-state index in [4.69, 9.17) is 0 Å². The lowest BCUT2D eigenvalue weighted by Crippen LogP contribution is -2.12. The van der Waals surface area contributed by atoms with Gasteiger partial charge in [-0.2, -0.15) is 0 Å². The van der Waals surface area contributed by atoms with Crippen molar-refractivity contribution in [3.63, 3.8) is 0 Å². The number of allylic oxidation sites excluding steroid dienone is 1. The van der Waals surface area contributed by atoms with Crippen molar-refractivity contribution in [2.24, 2.45) is 5.92 Å². The van der Waals surface area contributed by atoms with Crippen molar-refractivity contribution in [3.05, 3.63) is 12.7 Å². The summed E-state index contributed by atoms with van der Waals surface area (Å²) in [5, 5.41) is 0. The second-order valence-electron chi connectivity index (χ2n) is 2.71. The van der Waals surface area contributed by atoms with Crippen LogP contribution in [0.1, 0.15) is 20.3 Å². The highest BCUT2D eigenvalue weighted by Crippen LogP contribution is 2.00. The van der Waals surface area contributed by atoms with Crippen molar-refractivity contribution in [1.82, 2.24) is 0 Å². The lowest BCUT2D eigenvalue weighted by molar-refractivity contribution is -0.516. The van der Waals surface area contributed by atoms with Gasteiger partial charge in [-0.25, -0.2) is 4.58 Å². The van der Waals surface area contributed by atoms with E-state index in [1.807, 2.05) is 6.08 Å². The van der Waals surface area contributed by atoms with Crippen LogP contribution in [0.2, 0.25) is 0 Å². The first-order chi connectivity index (χ1) is 4.70. The summed E-state index contributed by atoms with van der Waals surface area (Å²) in [5.41, 5.74) is 0. The van der Waals surface area contributed by atoms with Gasteiger partial charge in [-0.15, -0.1) is 6.58 Å². The Hall–Kier alpha value is -0.590. The Labute approximate surface area is 64.1 Å². The summed E-state index contributed by atoms with van der Waals surface area (Å²) in [5.74, 6) is 0.621. The molecule has 0 aromatic heterocycles. The Bertz CT molecular complexity index is 116. The maximum atomic E-state index is 3.86. The third kappa shape index (κ3) is 4.30. The molecule has 0 saturated carbocycles. The summed E-state index contributed by atoms with van der Waals surface area (Å²) in [6.07, 6.45) is 3.16. The summed E-state index contributed by atoms with van der Waals surface area (Å²) in [6, 6.07) is 0. The van der Waals surface area contributed by atoms with Gasteiger partial charge >= 0.3 is 0 Å². The van der Waals surface area contributed by atoms with E-state index >= 15 is 0 Å². The molecule has 0 aromatic rings. The minimum atomic E-state index is 0.621. The van der Waals surface area contributed by atoms with Gasteiger partial charge in [0.2, 0.25) is 0 Å². The van der Waals surface area contributed by atoms with Crippen molar-refractivity contribution in [1.29, 1.82) is 0 Å². The predicted octanol–water partition coefficient (Wildman–Crippen LogP) is 1.93. The average molecular weight is 140 g/mol. The summed E-state index contributed by atoms with van der Waals surface area (Å²) in [7, 11) is 0. The van der Waals surface area contributed by atoms with Gasteiger partial charge in [-0.05, 0) is 12.8 Å². The predicted molar refractivity (Wildman–Crippen MR) is 46.8 cm³/mol. The molecule has 10 heavy (non-hydrogen) atoms. The topological polar surface area (TPSA) is 3.01 Å². The van der Waals surface area contributed by atoms with Gasteiger partial charge in [0.15, 0.2) is 0 Å². The van der Waals surface area contributed by atoms with E-state index in [0.29, 0.717) is 5.92 Å². The zero-order valence-electron chi connectivity index (χ0n) is 7.14. The van der Waals surface area contributed by atoms with Crippen molar-refractivity contribution >= 4 is 6.72 Å². The molecule has 0 saturated heterocycles. The molecule has 1 unspecified atom stereocenters. The number of nitrogens with zero attached hydrogens (tertiary/aromatic N) is 1. The SMILES string of the molecule is C=CC(C)CC[N+](=C)CC. The van der Waals surface area contributed by atoms with Crippen molar-refractivity contribution < 1.29 is 4.58 Å². The molecule has 0 spiro atoms. The molecule has 0 aliphatic carbocycles. The minimum absolute atomic E-state index is 0.621. The molecular weight excluding hydrogens is 122 g/mol. The van der Waals surface area contributed by atoms with E-state index in [2.05, 4.69) is 31.7 Å². The normalized spacial score (nSPS) is 12.6. The molecule has 0 amide bonds. The molecule has 1 atom stereocenters. The van der Waals surface area contributed by atoms with E-state index in [1.165, 1.54) is 6.42 Å². The zero-order chi connectivity index (χ0) is 7.98. The average Bonchev–Trinajstić information content (AvgIpc) is 1.99. The molecule has 0 bridgehead atoms. The van der Waals surface area contributed by atoms with Gasteiger partial charge in [0.1, 0.15) is 19.8 Å². The zero-order valence-corrected chi connectivity index (χ0v) is 7.14. The summed E-state index contributed by atoms with van der Waals surface area (Å²) in [6.45, 7) is 14.0. The molecule has 0 aromatic carbocycles. The monoisotopic (exact) mass is 140 g/mol. The number of hydrogen-bond donors (Lipinski definition) is 0. The summed E-state index contributed by atoms with van der Waals surface area (Å²) >= 11 is 0. The van der Waals surface area contributed by atoms with Gasteiger partial charge in [0.25, 0.3) is 0 Å². The molecule has 1 heteroatoms. The molecular formula is C9H18N+. The summed E-state index contributed by atoms with van der Waals surface area (Å²) < 4.78 is 2.07. The Balaban J connectivity index is 3.34. The molecule has 0 rings (SSSR count). The Morgan fingerprint density at radius 2 is 2.20 bits per heavy atom. The van der Waals surface area contributed by atoms with Crippen molar-refractivity contribution in [2.75, 3.05) is 13.1 Å². The molecule has 0 aliphatic rings. The van der Waals surface area contributed by atoms with E-state index in [-0.39, 0.29) is 0 Å². The van der Waals surface area contributed by atoms with Crippen molar-refractivity contribution in [2.45, 2.75) is 20.3 Å². The highest BCUT2D eigenvalue weighted by atomic mass is 15.0. The largest absolute Gasteiger partial charge is 0.243 e. The Morgan fingerprint density at radius 1 is 1.60 bits per heavy atom. The maximum Gasteiger partial charge on any atom is 0.142 e. The van der Waals surface area contributed by atoms with Crippen LogP contribution in [0.4, 0.5) is 0 Å². The van der Waals surface area contributed by atoms with Crippen molar-refractivity contribution in [3.8, 4) is 0 Å². The molecule has 58 valence electrons. The van der Waals surface area contributed by atoms with Gasteiger partial charge in [0.05, 0.1) is 0 Å². The second-order valence-corrected chi connectivity index (χ2v) is 2.71. The maximum absolute atomic E-state index is 3.86. The van der Waals surface area contributed by atoms with Crippen LogP contribution >= 0.6 is 0 Å². The number of hydrogen-bond acceptors (Lipinski definition) is 0. The van der Waals surface area contributed by atoms with Crippen LogP contribution in [0.25, 0.3) is 0 Å². The van der Waals surface area contributed by atoms with Crippen LogP contribution in [0.3, 0.4) is 0 Å². The van der Waals surface area contributed by atoms with Crippen LogP contribution in [0.5, 0.6) is 0 Å². The molecule has 0 fully saturated rings. The minimum Gasteiger partial charge on any atom is -0.243 e. The van der Waals surface area contributed by atoms with Crippen LogP contribution < -0.4 is 0 Å². The second kappa shape index (κ2) is 5.21. The van der Waals surface area contributed by atoms with Gasteiger partial charge in [0, 0.05) is 6.42 Å². The molecule has 0 aliphatic heterocycles. The highest BCUT2D eigenvalue weighted by molar-refractivity contribution is 5.14. The van der Waals surface area contributed by atoms with Gasteiger partial charge in [-0.1, -0.05) is 13.0 Å².